The second kappa shape index (κ2) is 6.11. The molecule has 0 bridgehead atoms. The molecule has 108 valence electrons. The fourth-order valence-corrected chi connectivity index (χ4v) is 2.27. The smallest absolute Gasteiger partial charge is 0.179 e. The summed E-state index contributed by atoms with van der Waals surface area (Å²) in [7, 11) is 4.94. The zero-order chi connectivity index (χ0) is 14.7. The van der Waals surface area contributed by atoms with Gasteiger partial charge in [0.15, 0.2) is 11.5 Å². The zero-order valence-electron chi connectivity index (χ0n) is 11.6. The lowest BCUT2D eigenvalue weighted by Crippen LogP contribution is -2.16. The molecule has 1 aromatic heterocycles. The van der Waals surface area contributed by atoms with E-state index in [0.717, 1.165) is 11.4 Å². The Morgan fingerprint density at radius 3 is 2.65 bits per heavy atom. The van der Waals surface area contributed by atoms with Crippen molar-refractivity contribution >= 4 is 11.6 Å². The molecule has 2 rings (SSSR count). The molecule has 0 fully saturated rings. The maximum absolute atomic E-state index is 6.20. The normalized spacial score (nSPS) is 12.2. The van der Waals surface area contributed by atoms with Crippen molar-refractivity contribution in [3.05, 3.63) is 34.9 Å². The minimum Gasteiger partial charge on any atom is -0.493 e. The van der Waals surface area contributed by atoms with E-state index in [-0.39, 0.29) is 6.04 Å². The van der Waals surface area contributed by atoms with Crippen molar-refractivity contribution in [1.29, 1.82) is 0 Å². The molecule has 0 spiro atoms. The maximum atomic E-state index is 6.20. The average molecular weight is 297 g/mol. The van der Waals surface area contributed by atoms with Gasteiger partial charge in [0, 0.05) is 19.5 Å². The lowest BCUT2D eigenvalue weighted by atomic mass is 10.0. The number of methoxy groups -OCH3 is 2. The standard InChI is InChI=1S/C13H17ClN4O2/c1-18-12(16-7-17-18)6-10(15)8-4-9(14)13(20-3)11(5-8)19-2/h4-5,7,10H,6,15H2,1-3H3. The van der Waals surface area contributed by atoms with Crippen LogP contribution >= 0.6 is 11.6 Å². The van der Waals surface area contributed by atoms with Crippen LogP contribution in [-0.4, -0.2) is 29.0 Å². The van der Waals surface area contributed by atoms with E-state index >= 15 is 0 Å². The molecule has 6 nitrogen and oxygen atoms in total. The van der Waals surface area contributed by atoms with Crippen LogP contribution in [0.1, 0.15) is 17.4 Å². The van der Waals surface area contributed by atoms with Crippen LogP contribution in [-0.2, 0) is 13.5 Å². The van der Waals surface area contributed by atoms with Crippen molar-refractivity contribution in [2.24, 2.45) is 12.8 Å². The summed E-state index contributed by atoms with van der Waals surface area (Å²) in [4.78, 5) is 4.16. The highest BCUT2D eigenvalue weighted by atomic mass is 35.5. The predicted octanol–water partition coefficient (Wildman–Crippen LogP) is 1.73. The molecule has 0 aliphatic heterocycles. The van der Waals surface area contributed by atoms with Gasteiger partial charge < -0.3 is 15.2 Å². The summed E-state index contributed by atoms with van der Waals surface area (Å²) < 4.78 is 12.2. The molecule has 1 unspecified atom stereocenters. The second-order valence-electron chi connectivity index (χ2n) is 4.35. The van der Waals surface area contributed by atoms with Crippen molar-refractivity contribution in [3.63, 3.8) is 0 Å². The first-order valence-corrected chi connectivity index (χ1v) is 6.44. The lowest BCUT2D eigenvalue weighted by molar-refractivity contribution is 0.354. The fourth-order valence-electron chi connectivity index (χ4n) is 1.97. The Morgan fingerprint density at radius 2 is 2.10 bits per heavy atom. The lowest BCUT2D eigenvalue weighted by Gasteiger charge is -2.16. The number of aromatic nitrogens is 3. The van der Waals surface area contributed by atoms with Crippen LogP contribution in [0.4, 0.5) is 0 Å². The minimum absolute atomic E-state index is 0.254. The van der Waals surface area contributed by atoms with Crippen LogP contribution in [0.2, 0.25) is 5.02 Å². The van der Waals surface area contributed by atoms with Crippen LogP contribution < -0.4 is 15.2 Å². The molecule has 0 aliphatic rings. The van der Waals surface area contributed by atoms with Gasteiger partial charge in [0.1, 0.15) is 12.2 Å². The number of aryl methyl sites for hydroxylation is 1. The number of nitrogens with zero attached hydrogens (tertiary/aromatic N) is 3. The Balaban J connectivity index is 2.28. The molecule has 20 heavy (non-hydrogen) atoms. The molecule has 0 aliphatic carbocycles. The third-order valence-corrected chi connectivity index (χ3v) is 3.37. The third kappa shape index (κ3) is 2.86. The Bertz CT molecular complexity index is 600. The van der Waals surface area contributed by atoms with Gasteiger partial charge in [0.25, 0.3) is 0 Å². The Hall–Kier alpha value is -1.79. The summed E-state index contributed by atoms with van der Waals surface area (Å²) in [5.74, 6) is 1.87. The topological polar surface area (TPSA) is 75.2 Å². The third-order valence-electron chi connectivity index (χ3n) is 3.09. The van der Waals surface area contributed by atoms with Gasteiger partial charge in [-0.3, -0.25) is 4.68 Å². The van der Waals surface area contributed by atoms with Crippen molar-refractivity contribution in [1.82, 2.24) is 14.8 Å². The number of rotatable bonds is 5. The largest absolute Gasteiger partial charge is 0.493 e. The van der Waals surface area contributed by atoms with Crippen LogP contribution in [0.3, 0.4) is 0 Å². The zero-order valence-corrected chi connectivity index (χ0v) is 12.4. The molecule has 7 heteroatoms. The summed E-state index contributed by atoms with van der Waals surface area (Å²) >= 11 is 6.18. The van der Waals surface area contributed by atoms with E-state index in [9.17, 15) is 0 Å². The fraction of sp³-hybridized carbons (Fsp3) is 0.385. The highest BCUT2D eigenvalue weighted by Crippen LogP contribution is 2.37. The molecule has 1 heterocycles. The van der Waals surface area contributed by atoms with E-state index in [1.807, 2.05) is 13.1 Å². The quantitative estimate of drug-likeness (QED) is 0.909. The molecular weight excluding hydrogens is 280 g/mol. The molecule has 0 amide bonds. The molecule has 0 radical (unpaired) electrons. The van der Waals surface area contributed by atoms with Crippen molar-refractivity contribution in [3.8, 4) is 11.5 Å². The first kappa shape index (κ1) is 14.6. The monoisotopic (exact) mass is 296 g/mol. The highest BCUT2D eigenvalue weighted by Gasteiger charge is 2.16. The van der Waals surface area contributed by atoms with Crippen molar-refractivity contribution in [2.45, 2.75) is 12.5 Å². The first-order chi connectivity index (χ1) is 9.56. The number of ether oxygens (including phenoxy) is 2. The molecule has 2 aromatic rings. The van der Waals surface area contributed by atoms with Gasteiger partial charge in [-0.15, -0.1) is 0 Å². The van der Waals surface area contributed by atoms with Crippen LogP contribution in [0, 0.1) is 0 Å². The van der Waals surface area contributed by atoms with E-state index in [2.05, 4.69) is 10.1 Å². The van der Waals surface area contributed by atoms with Gasteiger partial charge in [0.2, 0.25) is 0 Å². The van der Waals surface area contributed by atoms with Crippen molar-refractivity contribution < 1.29 is 9.47 Å². The van der Waals surface area contributed by atoms with E-state index in [0.29, 0.717) is 22.9 Å². The molecule has 2 N–H and O–H groups in total. The molecule has 1 atom stereocenters. The summed E-state index contributed by atoms with van der Waals surface area (Å²) in [6.45, 7) is 0. The second-order valence-corrected chi connectivity index (χ2v) is 4.76. The van der Waals surface area contributed by atoms with Gasteiger partial charge in [-0.1, -0.05) is 11.6 Å². The Kier molecular flexibility index (Phi) is 4.46. The maximum Gasteiger partial charge on any atom is 0.179 e. The van der Waals surface area contributed by atoms with Gasteiger partial charge in [0.05, 0.1) is 19.2 Å². The number of hydrogen-bond donors (Lipinski definition) is 1. The Morgan fingerprint density at radius 1 is 1.35 bits per heavy atom. The molecule has 0 saturated carbocycles. The molecule has 1 aromatic carbocycles. The van der Waals surface area contributed by atoms with E-state index in [1.165, 1.54) is 6.33 Å². The van der Waals surface area contributed by atoms with Gasteiger partial charge in [-0.25, -0.2) is 4.98 Å². The van der Waals surface area contributed by atoms with E-state index < -0.39 is 0 Å². The number of nitrogens with two attached hydrogens (primary N) is 1. The predicted molar refractivity (Wildman–Crippen MR) is 76.2 cm³/mol. The van der Waals surface area contributed by atoms with E-state index in [4.69, 9.17) is 26.8 Å². The Labute approximate surface area is 122 Å². The molecular formula is C13H17ClN4O2. The summed E-state index contributed by atoms with van der Waals surface area (Å²) in [5.41, 5.74) is 7.06. The first-order valence-electron chi connectivity index (χ1n) is 6.06. The van der Waals surface area contributed by atoms with Crippen LogP contribution in [0.5, 0.6) is 11.5 Å². The number of halogens is 1. The average Bonchev–Trinajstić information content (AvgIpc) is 2.83. The number of hydrogen-bond acceptors (Lipinski definition) is 5. The van der Waals surface area contributed by atoms with Gasteiger partial charge in [-0.2, -0.15) is 5.10 Å². The SMILES string of the molecule is COc1cc(C(N)Cc2ncnn2C)cc(Cl)c1OC. The molecule has 0 saturated heterocycles. The van der Waals surface area contributed by atoms with Crippen LogP contribution in [0.25, 0.3) is 0 Å². The summed E-state index contributed by atoms with van der Waals surface area (Å²) in [6.07, 6.45) is 2.06. The van der Waals surface area contributed by atoms with Crippen molar-refractivity contribution in [2.75, 3.05) is 14.2 Å². The van der Waals surface area contributed by atoms with Gasteiger partial charge >= 0.3 is 0 Å². The highest BCUT2D eigenvalue weighted by molar-refractivity contribution is 6.32. The number of benzene rings is 1. The summed E-state index contributed by atoms with van der Waals surface area (Å²) in [5, 5.41) is 4.49. The van der Waals surface area contributed by atoms with Crippen LogP contribution in [0.15, 0.2) is 18.5 Å². The van der Waals surface area contributed by atoms with Gasteiger partial charge in [-0.05, 0) is 17.7 Å². The van der Waals surface area contributed by atoms with E-state index in [1.54, 1.807) is 25.0 Å². The summed E-state index contributed by atoms with van der Waals surface area (Å²) in [6, 6.07) is 3.35. The minimum atomic E-state index is -0.254.